The molecule has 0 aromatic heterocycles. The van der Waals surface area contributed by atoms with Crippen LogP contribution in [0.4, 0.5) is 17.6 Å². The van der Waals surface area contributed by atoms with E-state index in [1.807, 2.05) is 0 Å². The van der Waals surface area contributed by atoms with Crippen LogP contribution in [0.5, 0.6) is 0 Å². The Balaban J connectivity index is 4.77. The van der Waals surface area contributed by atoms with E-state index in [1.165, 1.54) is 0 Å². The van der Waals surface area contributed by atoms with Gasteiger partial charge in [-0.05, 0) is 13.3 Å². The van der Waals surface area contributed by atoms with Crippen molar-refractivity contribution in [2.75, 3.05) is 6.61 Å². The molecule has 0 aliphatic rings. The summed E-state index contributed by atoms with van der Waals surface area (Å²) in [6.45, 7) is 4.16. The first-order chi connectivity index (χ1) is 10.5. The van der Waals surface area contributed by atoms with Gasteiger partial charge in [-0.3, -0.25) is 8.37 Å². The number of alkyl halides is 4. The van der Waals surface area contributed by atoms with Gasteiger partial charge in [-0.15, -0.1) is 0 Å². The minimum Gasteiger partial charge on any atom is -0.265 e. The molecule has 6 nitrogen and oxygen atoms in total. The van der Waals surface area contributed by atoms with Crippen molar-refractivity contribution >= 4 is 20.2 Å². The summed E-state index contributed by atoms with van der Waals surface area (Å²) >= 11 is 0. The van der Waals surface area contributed by atoms with E-state index < -0.39 is 61.7 Å². The van der Waals surface area contributed by atoms with Gasteiger partial charge in [-0.2, -0.15) is 34.4 Å². The van der Waals surface area contributed by atoms with Gasteiger partial charge in [0.15, 0.2) is 0 Å². The molecule has 0 aromatic rings. The zero-order valence-electron chi connectivity index (χ0n) is 13.9. The first-order valence-corrected chi connectivity index (χ1v) is 9.88. The summed E-state index contributed by atoms with van der Waals surface area (Å²) in [4.78, 5) is 0. The summed E-state index contributed by atoms with van der Waals surface area (Å²) in [6.07, 6.45) is -1.89. The number of halogens is 4. The maximum atomic E-state index is 13.5. The SMILES string of the molecule is CC(CCOS(=O)(=O)C(F)(F)C(C)C)OS(=O)(=O)C(F)(F)C(C)C. The summed E-state index contributed by atoms with van der Waals surface area (Å²) < 4.78 is 108. The fourth-order valence-corrected chi connectivity index (χ4v) is 3.59. The Kier molecular flexibility index (Phi) is 7.68. The summed E-state index contributed by atoms with van der Waals surface area (Å²) in [5, 5.41) is -8.27. The molecule has 1 atom stereocenters. The molecule has 0 aromatic carbocycles. The molecule has 0 aliphatic carbocycles. The number of rotatable bonds is 10. The lowest BCUT2D eigenvalue weighted by Gasteiger charge is -2.23. The van der Waals surface area contributed by atoms with Crippen LogP contribution in [0.15, 0.2) is 0 Å². The molecule has 12 heteroatoms. The van der Waals surface area contributed by atoms with Crippen LogP contribution in [-0.2, 0) is 28.6 Å². The predicted molar refractivity (Wildman–Crippen MR) is 78.5 cm³/mol. The van der Waals surface area contributed by atoms with Crippen LogP contribution in [0.2, 0.25) is 0 Å². The quantitative estimate of drug-likeness (QED) is 0.412. The first kappa shape index (κ1) is 23.5. The fourth-order valence-electron chi connectivity index (χ4n) is 1.31. The fraction of sp³-hybridized carbons (Fsp3) is 1.00. The zero-order chi connectivity index (χ0) is 19.6. The van der Waals surface area contributed by atoms with Crippen molar-refractivity contribution in [1.82, 2.24) is 0 Å². The largest absolute Gasteiger partial charge is 0.372 e. The highest BCUT2D eigenvalue weighted by Gasteiger charge is 2.51. The number of hydrogen-bond acceptors (Lipinski definition) is 6. The Morgan fingerprint density at radius 1 is 0.792 bits per heavy atom. The van der Waals surface area contributed by atoms with Gasteiger partial charge in [0.2, 0.25) is 0 Å². The minimum absolute atomic E-state index is 0.499. The third-order valence-corrected chi connectivity index (χ3v) is 6.40. The van der Waals surface area contributed by atoms with Crippen LogP contribution >= 0.6 is 0 Å². The molecule has 0 radical (unpaired) electrons. The molecule has 0 rings (SSSR count). The second kappa shape index (κ2) is 7.83. The van der Waals surface area contributed by atoms with E-state index in [0.29, 0.717) is 0 Å². The normalized spacial score (nSPS) is 16.0. The molecule has 0 aliphatic heterocycles. The van der Waals surface area contributed by atoms with Crippen molar-refractivity contribution in [3.63, 3.8) is 0 Å². The van der Waals surface area contributed by atoms with Gasteiger partial charge in [0.05, 0.1) is 12.7 Å². The Bertz CT molecular complexity index is 613. The topological polar surface area (TPSA) is 86.7 Å². The van der Waals surface area contributed by atoms with Crippen LogP contribution < -0.4 is 0 Å². The van der Waals surface area contributed by atoms with Crippen LogP contribution in [0, 0.1) is 11.8 Å². The molecule has 24 heavy (non-hydrogen) atoms. The lowest BCUT2D eigenvalue weighted by atomic mass is 10.2. The third-order valence-electron chi connectivity index (χ3n) is 3.06. The van der Waals surface area contributed by atoms with Gasteiger partial charge in [0, 0.05) is 11.8 Å². The second-order valence-electron chi connectivity index (χ2n) is 5.86. The highest BCUT2D eigenvalue weighted by Crippen LogP contribution is 2.33. The minimum atomic E-state index is -5.25. The molecule has 0 amide bonds. The standard InChI is InChI=1S/C12H22F4O6S2/c1-8(2)11(13,14)23(17,18)21-7-6-10(5)22-24(19,20)12(15,16)9(3)4/h8-10H,6-7H2,1-5H3. The van der Waals surface area contributed by atoms with Crippen molar-refractivity contribution in [2.24, 2.45) is 11.8 Å². The molecular formula is C12H22F4O6S2. The molecule has 0 N–H and O–H groups in total. The van der Waals surface area contributed by atoms with E-state index in [1.54, 1.807) is 0 Å². The third kappa shape index (κ3) is 5.27. The molecule has 0 spiro atoms. The summed E-state index contributed by atoms with van der Waals surface area (Å²) in [5.41, 5.74) is 0. The van der Waals surface area contributed by atoms with Crippen LogP contribution in [0.3, 0.4) is 0 Å². The predicted octanol–water partition coefficient (Wildman–Crippen LogP) is 2.96. The van der Waals surface area contributed by atoms with E-state index in [9.17, 15) is 34.4 Å². The molecule has 0 heterocycles. The highest BCUT2D eigenvalue weighted by molar-refractivity contribution is 7.88. The van der Waals surface area contributed by atoms with Gasteiger partial charge in [-0.25, -0.2) is 0 Å². The summed E-state index contributed by atoms with van der Waals surface area (Å²) in [6, 6.07) is 0. The van der Waals surface area contributed by atoms with Crippen molar-refractivity contribution in [3.8, 4) is 0 Å². The molecule has 0 fully saturated rings. The van der Waals surface area contributed by atoms with E-state index in [4.69, 9.17) is 0 Å². The summed E-state index contributed by atoms with van der Waals surface area (Å²) in [7, 11) is -10.5. The molecule has 146 valence electrons. The Labute approximate surface area is 139 Å². The van der Waals surface area contributed by atoms with Gasteiger partial charge in [-0.1, -0.05) is 27.7 Å². The van der Waals surface area contributed by atoms with Crippen LogP contribution in [-0.4, -0.2) is 40.1 Å². The number of hydrogen-bond donors (Lipinski definition) is 0. The average molecular weight is 402 g/mol. The second-order valence-corrected chi connectivity index (χ2v) is 9.19. The van der Waals surface area contributed by atoms with E-state index in [-0.39, 0.29) is 0 Å². The molecule has 0 saturated heterocycles. The molecule has 1 unspecified atom stereocenters. The Morgan fingerprint density at radius 3 is 1.54 bits per heavy atom. The van der Waals surface area contributed by atoms with Crippen molar-refractivity contribution < 1.29 is 42.8 Å². The Hall–Kier alpha value is -0.460. The lowest BCUT2D eigenvalue weighted by molar-refractivity contribution is 0.0189. The van der Waals surface area contributed by atoms with E-state index in [0.717, 1.165) is 34.6 Å². The molecule has 0 saturated carbocycles. The smallest absolute Gasteiger partial charge is 0.265 e. The molecular weight excluding hydrogens is 380 g/mol. The van der Waals surface area contributed by atoms with Crippen LogP contribution in [0.25, 0.3) is 0 Å². The van der Waals surface area contributed by atoms with Gasteiger partial charge in [0.1, 0.15) is 0 Å². The van der Waals surface area contributed by atoms with E-state index >= 15 is 0 Å². The monoisotopic (exact) mass is 402 g/mol. The Morgan fingerprint density at radius 2 is 1.17 bits per heavy atom. The maximum Gasteiger partial charge on any atom is 0.372 e. The highest BCUT2D eigenvalue weighted by atomic mass is 32.2. The molecule has 0 bridgehead atoms. The first-order valence-electron chi connectivity index (χ1n) is 7.06. The maximum absolute atomic E-state index is 13.5. The van der Waals surface area contributed by atoms with Gasteiger partial charge in [0.25, 0.3) is 0 Å². The van der Waals surface area contributed by atoms with Gasteiger partial charge >= 0.3 is 30.7 Å². The van der Waals surface area contributed by atoms with E-state index in [2.05, 4.69) is 8.37 Å². The van der Waals surface area contributed by atoms with Crippen molar-refractivity contribution in [2.45, 2.75) is 57.7 Å². The average Bonchev–Trinajstić information content (AvgIpc) is 2.36. The van der Waals surface area contributed by atoms with Crippen molar-refractivity contribution in [3.05, 3.63) is 0 Å². The summed E-state index contributed by atoms with van der Waals surface area (Å²) in [5.74, 6) is -3.09. The zero-order valence-corrected chi connectivity index (χ0v) is 15.6. The lowest BCUT2D eigenvalue weighted by Crippen LogP contribution is -2.38. The van der Waals surface area contributed by atoms with Crippen molar-refractivity contribution in [1.29, 1.82) is 0 Å². The van der Waals surface area contributed by atoms with Crippen LogP contribution in [0.1, 0.15) is 41.0 Å². The van der Waals surface area contributed by atoms with Gasteiger partial charge < -0.3 is 0 Å².